The average molecular weight is 347 g/mol. The van der Waals surface area contributed by atoms with Crippen molar-refractivity contribution in [1.29, 1.82) is 0 Å². The summed E-state index contributed by atoms with van der Waals surface area (Å²) in [5.41, 5.74) is -0.501. The monoisotopic (exact) mass is 346 g/mol. The van der Waals surface area contributed by atoms with Crippen LogP contribution in [0.3, 0.4) is 0 Å². The van der Waals surface area contributed by atoms with Crippen LogP contribution in [0.5, 0.6) is 0 Å². The summed E-state index contributed by atoms with van der Waals surface area (Å²) >= 11 is 0. The Morgan fingerprint density at radius 2 is 1.74 bits per heavy atom. The number of alkyl carbamates (subject to hydrolysis) is 1. The van der Waals surface area contributed by atoms with Gasteiger partial charge < -0.3 is 20.5 Å². The van der Waals surface area contributed by atoms with Crippen LogP contribution < -0.4 is 10.6 Å². The van der Waals surface area contributed by atoms with Gasteiger partial charge in [-0.05, 0) is 52.6 Å². The zero-order valence-electron chi connectivity index (χ0n) is 15.5. The molecule has 0 fully saturated rings. The maximum absolute atomic E-state index is 11.5. The molecule has 0 rings (SSSR count). The van der Waals surface area contributed by atoms with Crippen LogP contribution in [0.2, 0.25) is 25.7 Å². The minimum atomic E-state index is -1.15. The lowest BCUT2D eigenvalue weighted by Crippen LogP contribution is -2.39. The molecular weight excluding hydrogens is 312 g/mol. The van der Waals surface area contributed by atoms with E-state index in [0.29, 0.717) is 13.0 Å². The highest BCUT2D eigenvalue weighted by Crippen LogP contribution is 2.08. The third-order valence-electron chi connectivity index (χ3n) is 3.15. The van der Waals surface area contributed by atoms with Crippen molar-refractivity contribution in [3.8, 4) is 0 Å². The fourth-order valence-electron chi connectivity index (χ4n) is 1.91. The van der Waals surface area contributed by atoms with Gasteiger partial charge in [-0.3, -0.25) is 4.79 Å². The molecule has 0 radical (unpaired) electrons. The molecule has 0 aliphatic heterocycles. The third kappa shape index (κ3) is 14.3. The van der Waals surface area contributed by atoms with Gasteiger partial charge in [0.05, 0.1) is 0 Å². The van der Waals surface area contributed by atoms with Crippen molar-refractivity contribution in [2.24, 2.45) is 0 Å². The predicted molar refractivity (Wildman–Crippen MR) is 95.7 cm³/mol. The average Bonchev–Trinajstić information content (AvgIpc) is 2.32. The number of amides is 1. The van der Waals surface area contributed by atoms with E-state index < -0.39 is 31.8 Å². The number of unbranched alkanes of at least 4 members (excludes halogenated alkanes) is 1. The van der Waals surface area contributed by atoms with Crippen LogP contribution >= 0.6 is 0 Å². The molecule has 0 spiro atoms. The molecule has 0 aromatic carbocycles. The van der Waals surface area contributed by atoms with Crippen LogP contribution in [0.25, 0.3) is 0 Å². The molecule has 1 unspecified atom stereocenters. The second-order valence-electron chi connectivity index (χ2n) is 8.08. The maximum Gasteiger partial charge on any atom is 0.407 e. The van der Waals surface area contributed by atoms with Gasteiger partial charge in [-0.25, -0.2) is 4.79 Å². The molecule has 1 atom stereocenters. The van der Waals surface area contributed by atoms with Crippen molar-refractivity contribution in [2.45, 2.75) is 77.4 Å². The van der Waals surface area contributed by atoms with Crippen molar-refractivity contribution >= 4 is 20.1 Å². The molecular formula is C16H34N2O4Si. The third-order valence-corrected chi connectivity index (χ3v) is 4.90. The number of aliphatic carboxylic acids is 1. The Kier molecular flexibility index (Phi) is 9.46. The van der Waals surface area contributed by atoms with Crippen molar-refractivity contribution in [3.63, 3.8) is 0 Å². The molecule has 0 bridgehead atoms. The molecule has 0 aliphatic carbocycles. The molecule has 0 saturated carbocycles. The minimum absolute atomic E-state index is 0.430. The lowest BCUT2D eigenvalue weighted by Gasteiger charge is -2.20. The summed E-state index contributed by atoms with van der Waals surface area (Å²) in [5.74, 6) is -0.805. The van der Waals surface area contributed by atoms with Gasteiger partial charge in [-0.15, -0.1) is 0 Å². The Labute approximate surface area is 141 Å². The van der Waals surface area contributed by atoms with Crippen molar-refractivity contribution in [1.82, 2.24) is 10.6 Å². The van der Waals surface area contributed by atoms with Crippen molar-refractivity contribution in [2.75, 3.05) is 13.1 Å². The second-order valence-corrected chi connectivity index (χ2v) is 13.7. The Bertz CT molecular complexity index is 375. The highest BCUT2D eigenvalue weighted by atomic mass is 28.3. The number of rotatable bonds is 10. The normalized spacial score (nSPS) is 13.5. The molecule has 0 aliphatic rings. The SMILES string of the molecule is CC(C)(C)OC(=O)NCCCCC(NCC[Si](C)(C)C)C(=O)O. The largest absolute Gasteiger partial charge is 0.480 e. The quantitative estimate of drug-likeness (QED) is 0.418. The molecule has 136 valence electrons. The molecule has 3 N–H and O–H groups in total. The summed E-state index contributed by atoms with van der Waals surface area (Å²) < 4.78 is 5.14. The van der Waals surface area contributed by atoms with Crippen LogP contribution in [0.15, 0.2) is 0 Å². The number of nitrogens with one attached hydrogen (secondary N) is 2. The Morgan fingerprint density at radius 3 is 2.22 bits per heavy atom. The Balaban J connectivity index is 3.89. The lowest BCUT2D eigenvalue weighted by atomic mass is 10.1. The molecule has 0 aromatic heterocycles. The van der Waals surface area contributed by atoms with Crippen LogP contribution in [0, 0.1) is 0 Å². The summed E-state index contributed by atoms with van der Waals surface area (Å²) in [6, 6.07) is 0.560. The van der Waals surface area contributed by atoms with Gasteiger partial charge in [-0.2, -0.15) is 0 Å². The van der Waals surface area contributed by atoms with Gasteiger partial charge in [0.25, 0.3) is 0 Å². The van der Waals surface area contributed by atoms with Gasteiger partial charge in [-0.1, -0.05) is 19.6 Å². The molecule has 0 aromatic rings. The zero-order chi connectivity index (χ0) is 18.1. The summed E-state index contributed by atoms with van der Waals surface area (Å²) in [6.45, 7) is 13.5. The first-order chi connectivity index (χ1) is 10.4. The fraction of sp³-hybridized carbons (Fsp3) is 0.875. The van der Waals surface area contributed by atoms with Crippen molar-refractivity contribution in [3.05, 3.63) is 0 Å². The Morgan fingerprint density at radius 1 is 1.13 bits per heavy atom. The van der Waals surface area contributed by atoms with E-state index in [-0.39, 0.29) is 0 Å². The van der Waals surface area contributed by atoms with Crippen LogP contribution in [0.1, 0.15) is 40.0 Å². The van der Waals surface area contributed by atoms with Gasteiger partial charge in [0, 0.05) is 14.6 Å². The zero-order valence-corrected chi connectivity index (χ0v) is 16.5. The number of hydrogen-bond acceptors (Lipinski definition) is 4. The summed E-state index contributed by atoms with van der Waals surface area (Å²) in [4.78, 5) is 22.7. The van der Waals surface area contributed by atoms with E-state index in [1.165, 1.54) is 0 Å². The maximum atomic E-state index is 11.5. The van der Waals surface area contributed by atoms with Crippen LogP contribution in [0.4, 0.5) is 4.79 Å². The first-order valence-corrected chi connectivity index (χ1v) is 12.0. The lowest BCUT2D eigenvalue weighted by molar-refractivity contribution is -0.139. The number of ether oxygens (including phenoxy) is 1. The molecule has 0 heterocycles. The minimum Gasteiger partial charge on any atom is -0.480 e. The summed E-state index contributed by atoms with van der Waals surface area (Å²) in [7, 11) is -1.15. The van der Waals surface area contributed by atoms with Gasteiger partial charge in [0.1, 0.15) is 11.6 Å². The summed E-state index contributed by atoms with van der Waals surface area (Å²) in [5, 5.41) is 15.0. The highest BCUT2D eigenvalue weighted by molar-refractivity contribution is 6.76. The molecule has 0 saturated heterocycles. The van der Waals surface area contributed by atoms with Gasteiger partial charge >= 0.3 is 12.1 Å². The molecule has 6 nitrogen and oxygen atoms in total. The van der Waals surface area contributed by atoms with E-state index in [1.54, 1.807) is 0 Å². The van der Waals surface area contributed by atoms with Gasteiger partial charge in [0.15, 0.2) is 0 Å². The van der Waals surface area contributed by atoms with Gasteiger partial charge in [0.2, 0.25) is 0 Å². The van der Waals surface area contributed by atoms with Crippen LogP contribution in [-0.4, -0.2) is 50.0 Å². The number of carbonyl (C=O) groups is 2. The summed E-state index contributed by atoms with van der Waals surface area (Å²) in [6.07, 6.45) is 1.61. The smallest absolute Gasteiger partial charge is 0.407 e. The van der Waals surface area contributed by atoms with Crippen molar-refractivity contribution < 1.29 is 19.4 Å². The topological polar surface area (TPSA) is 87.7 Å². The first kappa shape index (κ1) is 21.9. The molecule has 1 amide bonds. The fourth-order valence-corrected chi connectivity index (χ4v) is 2.81. The highest BCUT2D eigenvalue weighted by Gasteiger charge is 2.19. The van der Waals surface area contributed by atoms with E-state index in [4.69, 9.17) is 4.74 Å². The number of carboxylic acid groups (broad SMARTS) is 1. The van der Waals surface area contributed by atoms with E-state index in [9.17, 15) is 14.7 Å². The molecule has 23 heavy (non-hydrogen) atoms. The Hall–Kier alpha value is -1.08. The standard InChI is InChI=1S/C16H34N2O4Si/c1-16(2,3)22-15(21)18-10-8-7-9-13(14(19)20)17-11-12-23(4,5)6/h13,17H,7-12H2,1-6H3,(H,18,21)(H,19,20). The number of carboxylic acids is 1. The second kappa shape index (κ2) is 9.92. The number of hydrogen-bond donors (Lipinski definition) is 3. The van der Waals surface area contributed by atoms with E-state index >= 15 is 0 Å². The predicted octanol–water partition coefficient (Wildman–Crippen LogP) is 3.06. The van der Waals surface area contributed by atoms with E-state index in [1.807, 2.05) is 20.8 Å². The van der Waals surface area contributed by atoms with E-state index in [0.717, 1.165) is 25.4 Å². The first-order valence-electron chi connectivity index (χ1n) is 8.34. The molecule has 7 heteroatoms. The van der Waals surface area contributed by atoms with E-state index in [2.05, 4.69) is 30.3 Å². The number of carbonyl (C=O) groups excluding carboxylic acids is 1. The van der Waals surface area contributed by atoms with Crippen LogP contribution in [-0.2, 0) is 9.53 Å².